The fraction of sp³-hybridized carbons (Fsp3) is 0.208. The van der Waals surface area contributed by atoms with E-state index in [1.807, 2.05) is 39.0 Å². The standard InChI is InChI=1S/C24H25BrN2O4S/c1-16-5-9-20(10-6-16)32(29,30)27(22-13-17(2)7-12-23(22)31-4)15-24(28)26-19-8-11-21(25)18(3)14-19/h5-14H,15H2,1-4H3,(H,26,28). The maximum absolute atomic E-state index is 13.6. The fourth-order valence-corrected chi connectivity index (χ4v) is 4.86. The van der Waals surface area contributed by atoms with Crippen molar-refractivity contribution < 1.29 is 17.9 Å². The van der Waals surface area contributed by atoms with E-state index in [0.717, 1.165) is 25.5 Å². The molecule has 0 aliphatic carbocycles. The van der Waals surface area contributed by atoms with Crippen LogP contribution in [0.1, 0.15) is 16.7 Å². The Morgan fingerprint density at radius 1 is 0.969 bits per heavy atom. The number of hydrogen-bond donors (Lipinski definition) is 1. The van der Waals surface area contributed by atoms with Crippen LogP contribution in [0.5, 0.6) is 5.75 Å². The van der Waals surface area contributed by atoms with Crippen molar-refractivity contribution in [2.45, 2.75) is 25.7 Å². The van der Waals surface area contributed by atoms with Crippen LogP contribution in [0.15, 0.2) is 70.0 Å². The molecule has 0 aliphatic heterocycles. The van der Waals surface area contributed by atoms with Crippen molar-refractivity contribution in [3.05, 3.63) is 81.8 Å². The van der Waals surface area contributed by atoms with Crippen LogP contribution in [0.3, 0.4) is 0 Å². The maximum Gasteiger partial charge on any atom is 0.264 e. The number of rotatable bonds is 7. The third-order valence-corrected chi connectivity index (χ3v) is 7.60. The molecule has 0 bridgehead atoms. The summed E-state index contributed by atoms with van der Waals surface area (Å²) in [6.07, 6.45) is 0. The van der Waals surface area contributed by atoms with Crippen LogP contribution in [0.2, 0.25) is 0 Å². The number of nitrogens with zero attached hydrogens (tertiary/aromatic N) is 1. The summed E-state index contributed by atoms with van der Waals surface area (Å²) in [4.78, 5) is 13.0. The molecule has 6 nitrogen and oxygen atoms in total. The normalized spacial score (nSPS) is 11.2. The molecule has 0 aromatic heterocycles. The lowest BCUT2D eigenvalue weighted by Gasteiger charge is -2.26. The summed E-state index contributed by atoms with van der Waals surface area (Å²) in [6.45, 7) is 5.23. The Morgan fingerprint density at radius 2 is 1.62 bits per heavy atom. The van der Waals surface area contributed by atoms with E-state index < -0.39 is 22.5 Å². The van der Waals surface area contributed by atoms with Gasteiger partial charge in [0.1, 0.15) is 12.3 Å². The molecule has 0 heterocycles. The van der Waals surface area contributed by atoms with Gasteiger partial charge in [-0.2, -0.15) is 0 Å². The number of aryl methyl sites for hydroxylation is 3. The largest absolute Gasteiger partial charge is 0.495 e. The van der Waals surface area contributed by atoms with Gasteiger partial charge in [0.25, 0.3) is 10.0 Å². The average molecular weight is 517 g/mol. The van der Waals surface area contributed by atoms with Crippen molar-refractivity contribution in [2.24, 2.45) is 0 Å². The molecule has 0 atom stereocenters. The second kappa shape index (κ2) is 9.75. The minimum atomic E-state index is -4.04. The molecule has 3 aromatic rings. The van der Waals surface area contributed by atoms with E-state index in [1.165, 1.54) is 19.2 Å². The molecule has 8 heteroatoms. The van der Waals surface area contributed by atoms with E-state index in [1.54, 1.807) is 30.3 Å². The van der Waals surface area contributed by atoms with E-state index in [9.17, 15) is 13.2 Å². The number of halogens is 1. The number of amides is 1. The first-order valence-electron chi connectivity index (χ1n) is 9.92. The highest BCUT2D eigenvalue weighted by Gasteiger charge is 2.29. The first-order chi connectivity index (χ1) is 15.1. The van der Waals surface area contributed by atoms with Crippen molar-refractivity contribution in [3.63, 3.8) is 0 Å². The molecule has 1 N–H and O–H groups in total. The van der Waals surface area contributed by atoms with Gasteiger partial charge in [0.05, 0.1) is 17.7 Å². The zero-order chi connectivity index (χ0) is 23.5. The Balaban J connectivity index is 2.02. The molecule has 0 saturated carbocycles. The van der Waals surface area contributed by atoms with Crippen molar-refractivity contribution in [1.82, 2.24) is 0 Å². The molecular weight excluding hydrogens is 492 g/mol. The first-order valence-corrected chi connectivity index (χ1v) is 12.1. The molecule has 0 radical (unpaired) electrons. The van der Waals surface area contributed by atoms with Crippen molar-refractivity contribution in [2.75, 3.05) is 23.3 Å². The second-order valence-electron chi connectivity index (χ2n) is 7.51. The molecule has 0 fully saturated rings. The molecule has 1 amide bonds. The number of benzene rings is 3. The van der Waals surface area contributed by atoms with Crippen LogP contribution >= 0.6 is 15.9 Å². The lowest BCUT2D eigenvalue weighted by atomic mass is 10.2. The molecule has 0 spiro atoms. The van der Waals surface area contributed by atoms with Gasteiger partial charge in [-0.3, -0.25) is 9.10 Å². The molecule has 0 unspecified atom stereocenters. The second-order valence-corrected chi connectivity index (χ2v) is 10.2. The Labute approximate surface area is 197 Å². The molecule has 0 aliphatic rings. The zero-order valence-electron chi connectivity index (χ0n) is 18.3. The van der Waals surface area contributed by atoms with Gasteiger partial charge in [-0.15, -0.1) is 0 Å². The molecule has 168 valence electrons. The number of anilines is 2. The maximum atomic E-state index is 13.6. The SMILES string of the molecule is COc1ccc(C)cc1N(CC(=O)Nc1ccc(Br)c(C)c1)S(=O)(=O)c1ccc(C)cc1. The lowest BCUT2D eigenvalue weighted by Crippen LogP contribution is -2.38. The summed E-state index contributed by atoms with van der Waals surface area (Å²) in [7, 11) is -2.57. The van der Waals surface area contributed by atoms with E-state index in [0.29, 0.717) is 17.1 Å². The predicted molar refractivity (Wildman–Crippen MR) is 131 cm³/mol. The lowest BCUT2D eigenvalue weighted by molar-refractivity contribution is -0.114. The highest BCUT2D eigenvalue weighted by atomic mass is 79.9. The van der Waals surface area contributed by atoms with Crippen molar-refractivity contribution >= 4 is 43.2 Å². The van der Waals surface area contributed by atoms with Gasteiger partial charge in [0.15, 0.2) is 0 Å². The van der Waals surface area contributed by atoms with Gasteiger partial charge in [-0.25, -0.2) is 8.42 Å². The van der Waals surface area contributed by atoms with Crippen LogP contribution in [0, 0.1) is 20.8 Å². The van der Waals surface area contributed by atoms with E-state index in [-0.39, 0.29) is 4.90 Å². The number of nitrogens with one attached hydrogen (secondary N) is 1. The van der Waals surface area contributed by atoms with E-state index in [4.69, 9.17) is 4.74 Å². The zero-order valence-corrected chi connectivity index (χ0v) is 20.7. The van der Waals surface area contributed by atoms with Gasteiger partial charge >= 0.3 is 0 Å². The molecule has 3 aromatic carbocycles. The molecule has 3 rings (SSSR count). The van der Waals surface area contributed by atoms with Gasteiger partial charge in [0, 0.05) is 10.2 Å². The van der Waals surface area contributed by atoms with Crippen LogP contribution in [0.4, 0.5) is 11.4 Å². The molecule has 32 heavy (non-hydrogen) atoms. The number of carbonyl (C=O) groups is 1. The highest BCUT2D eigenvalue weighted by molar-refractivity contribution is 9.10. The van der Waals surface area contributed by atoms with Crippen molar-refractivity contribution in [3.8, 4) is 5.75 Å². The van der Waals surface area contributed by atoms with Crippen LogP contribution < -0.4 is 14.4 Å². The van der Waals surface area contributed by atoms with Crippen molar-refractivity contribution in [1.29, 1.82) is 0 Å². The summed E-state index contributed by atoms with van der Waals surface area (Å²) in [5, 5.41) is 2.79. The summed E-state index contributed by atoms with van der Waals surface area (Å²) in [5.41, 5.74) is 3.61. The topological polar surface area (TPSA) is 75.7 Å². The highest BCUT2D eigenvalue weighted by Crippen LogP contribution is 2.33. The smallest absolute Gasteiger partial charge is 0.264 e. The minimum absolute atomic E-state index is 0.0962. The van der Waals surface area contributed by atoms with Crippen LogP contribution in [-0.4, -0.2) is 28.0 Å². The summed E-state index contributed by atoms with van der Waals surface area (Å²) in [5.74, 6) is -0.107. The number of methoxy groups -OCH3 is 1. The quantitative estimate of drug-likeness (QED) is 0.467. The van der Waals surface area contributed by atoms with E-state index in [2.05, 4.69) is 21.2 Å². The summed E-state index contributed by atoms with van der Waals surface area (Å²) >= 11 is 3.43. The summed E-state index contributed by atoms with van der Waals surface area (Å²) < 4.78 is 34.6. The Morgan fingerprint density at radius 3 is 2.25 bits per heavy atom. The Kier molecular flexibility index (Phi) is 7.26. The molecule has 0 saturated heterocycles. The first kappa shape index (κ1) is 23.8. The Hall–Kier alpha value is -2.84. The monoisotopic (exact) mass is 516 g/mol. The van der Waals surface area contributed by atoms with E-state index >= 15 is 0 Å². The van der Waals surface area contributed by atoms with Gasteiger partial charge < -0.3 is 10.1 Å². The van der Waals surface area contributed by atoms with Gasteiger partial charge in [-0.1, -0.05) is 39.7 Å². The van der Waals surface area contributed by atoms with Crippen LogP contribution in [0.25, 0.3) is 0 Å². The third-order valence-electron chi connectivity index (χ3n) is 4.94. The number of sulfonamides is 1. The van der Waals surface area contributed by atoms with Gasteiger partial charge in [0.2, 0.25) is 5.91 Å². The van der Waals surface area contributed by atoms with Gasteiger partial charge in [-0.05, 0) is 74.4 Å². The summed E-state index contributed by atoms with van der Waals surface area (Å²) in [6, 6.07) is 17.1. The average Bonchev–Trinajstić information content (AvgIpc) is 2.75. The molecular formula is C24H25BrN2O4S. The Bertz CT molecular complexity index is 1240. The number of ether oxygens (including phenoxy) is 1. The third kappa shape index (κ3) is 5.31. The number of carbonyl (C=O) groups excluding carboxylic acids is 1. The predicted octanol–water partition coefficient (Wildman–Crippen LogP) is 5.22. The number of hydrogen-bond acceptors (Lipinski definition) is 4. The van der Waals surface area contributed by atoms with Crippen LogP contribution in [-0.2, 0) is 14.8 Å². The minimum Gasteiger partial charge on any atom is -0.495 e. The fourth-order valence-electron chi connectivity index (χ4n) is 3.19.